The first-order valence-electron chi connectivity index (χ1n) is 6.43. The molecule has 1 heterocycles. The van der Waals surface area contributed by atoms with Crippen molar-refractivity contribution in [3.05, 3.63) is 28.2 Å². The minimum atomic E-state index is -0.493. The molecule has 104 valence electrons. The molecule has 2 rings (SSSR count). The van der Waals surface area contributed by atoms with E-state index in [9.17, 15) is 4.79 Å². The highest BCUT2D eigenvalue weighted by atomic mass is 79.9. The number of rotatable bonds is 3. The molecule has 0 aliphatic carbocycles. The normalized spacial score (nSPS) is 18.1. The van der Waals surface area contributed by atoms with E-state index in [2.05, 4.69) is 21.2 Å². The van der Waals surface area contributed by atoms with Crippen molar-refractivity contribution in [2.75, 3.05) is 25.1 Å². The predicted octanol–water partition coefficient (Wildman–Crippen LogP) is 2.45. The number of carbonyl (C=O) groups is 1. The summed E-state index contributed by atoms with van der Waals surface area (Å²) in [5.41, 5.74) is 7.21. The van der Waals surface area contributed by atoms with Gasteiger partial charge in [0, 0.05) is 29.9 Å². The lowest BCUT2D eigenvalue weighted by Crippen LogP contribution is -2.46. The van der Waals surface area contributed by atoms with Crippen molar-refractivity contribution in [1.29, 1.82) is 0 Å². The second-order valence-electron chi connectivity index (χ2n) is 5.01. The van der Waals surface area contributed by atoms with Crippen LogP contribution in [0.15, 0.2) is 22.7 Å². The first kappa shape index (κ1) is 14.5. The number of hydrogen-bond acceptors (Lipinski definition) is 3. The summed E-state index contributed by atoms with van der Waals surface area (Å²) >= 11 is 3.42. The van der Waals surface area contributed by atoms with Gasteiger partial charge in [-0.25, -0.2) is 0 Å². The van der Waals surface area contributed by atoms with Gasteiger partial charge in [0.15, 0.2) is 0 Å². The van der Waals surface area contributed by atoms with Gasteiger partial charge in [0.2, 0.25) is 5.91 Å². The van der Waals surface area contributed by atoms with Crippen LogP contribution in [0.1, 0.15) is 18.4 Å². The lowest BCUT2D eigenvalue weighted by atomic mass is 9.79. The van der Waals surface area contributed by atoms with Gasteiger partial charge in [0.1, 0.15) is 0 Å². The van der Waals surface area contributed by atoms with Gasteiger partial charge in [-0.1, -0.05) is 22.0 Å². The largest absolute Gasteiger partial charge is 0.381 e. The van der Waals surface area contributed by atoms with Gasteiger partial charge in [-0.3, -0.25) is 4.79 Å². The molecule has 0 saturated carbocycles. The Kier molecular flexibility index (Phi) is 4.60. The molecule has 0 aromatic heterocycles. The average molecular weight is 327 g/mol. The maximum atomic E-state index is 12.5. The summed E-state index contributed by atoms with van der Waals surface area (Å²) in [6.45, 7) is 3.53. The van der Waals surface area contributed by atoms with Crippen molar-refractivity contribution in [2.24, 2.45) is 11.1 Å². The highest BCUT2D eigenvalue weighted by Crippen LogP contribution is 2.31. The van der Waals surface area contributed by atoms with E-state index >= 15 is 0 Å². The van der Waals surface area contributed by atoms with E-state index in [4.69, 9.17) is 10.5 Å². The molecule has 1 fully saturated rings. The molecular formula is C14H19BrN2O2. The molecule has 19 heavy (non-hydrogen) atoms. The molecule has 1 amide bonds. The third kappa shape index (κ3) is 3.16. The molecule has 1 aliphatic heterocycles. The summed E-state index contributed by atoms with van der Waals surface area (Å²) in [6.07, 6.45) is 1.37. The quantitative estimate of drug-likeness (QED) is 0.896. The van der Waals surface area contributed by atoms with E-state index in [1.807, 2.05) is 25.1 Å². The Labute approximate surface area is 121 Å². The molecule has 1 saturated heterocycles. The molecule has 0 unspecified atom stereocenters. The highest BCUT2D eigenvalue weighted by molar-refractivity contribution is 9.10. The number of carbonyl (C=O) groups excluding carboxylic acids is 1. The number of aryl methyl sites for hydroxylation is 1. The van der Waals surface area contributed by atoms with Crippen LogP contribution in [-0.2, 0) is 9.53 Å². The monoisotopic (exact) mass is 326 g/mol. The molecule has 1 aromatic rings. The van der Waals surface area contributed by atoms with Gasteiger partial charge in [0.05, 0.1) is 5.41 Å². The van der Waals surface area contributed by atoms with Crippen LogP contribution >= 0.6 is 15.9 Å². The molecule has 0 bridgehead atoms. The maximum Gasteiger partial charge on any atom is 0.232 e. The lowest BCUT2D eigenvalue weighted by Gasteiger charge is -2.34. The minimum absolute atomic E-state index is 0.000463. The Bertz CT molecular complexity index is 471. The second-order valence-corrected chi connectivity index (χ2v) is 5.93. The molecule has 0 spiro atoms. The van der Waals surface area contributed by atoms with Crippen LogP contribution in [0.5, 0.6) is 0 Å². The highest BCUT2D eigenvalue weighted by Gasteiger charge is 2.38. The Morgan fingerprint density at radius 2 is 2.16 bits per heavy atom. The van der Waals surface area contributed by atoms with Crippen molar-refractivity contribution in [3.8, 4) is 0 Å². The van der Waals surface area contributed by atoms with Crippen LogP contribution in [0.3, 0.4) is 0 Å². The molecule has 4 nitrogen and oxygen atoms in total. The van der Waals surface area contributed by atoms with E-state index < -0.39 is 5.41 Å². The van der Waals surface area contributed by atoms with Gasteiger partial charge in [-0.05, 0) is 37.5 Å². The molecular weight excluding hydrogens is 308 g/mol. The third-order valence-corrected chi connectivity index (χ3v) is 4.26. The third-order valence-electron chi connectivity index (χ3n) is 3.77. The van der Waals surface area contributed by atoms with E-state index in [0.29, 0.717) is 32.6 Å². The van der Waals surface area contributed by atoms with E-state index in [-0.39, 0.29) is 5.91 Å². The summed E-state index contributed by atoms with van der Waals surface area (Å²) in [4.78, 5) is 12.5. The van der Waals surface area contributed by atoms with Gasteiger partial charge in [-0.2, -0.15) is 0 Å². The zero-order chi connectivity index (χ0) is 13.9. The van der Waals surface area contributed by atoms with E-state index in [0.717, 1.165) is 15.7 Å². The fraction of sp³-hybridized carbons (Fsp3) is 0.500. The number of nitrogens with two attached hydrogens (primary N) is 1. The first-order chi connectivity index (χ1) is 9.07. The van der Waals surface area contributed by atoms with Gasteiger partial charge in [0.25, 0.3) is 0 Å². The zero-order valence-corrected chi connectivity index (χ0v) is 12.6. The van der Waals surface area contributed by atoms with Gasteiger partial charge < -0.3 is 15.8 Å². The van der Waals surface area contributed by atoms with E-state index in [1.54, 1.807) is 0 Å². The summed E-state index contributed by atoms with van der Waals surface area (Å²) in [5.74, 6) is -0.000463. The number of amides is 1. The second kappa shape index (κ2) is 6.03. The predicted molar refractivity (Wildman–Crippen MR) is 79.0 cm³/mol. The Balaban J connectivity index is 2.17. The standard InChI is InChI=1S/C14H19BrN2O2/c1-10-2-3-11(15)8-12(10)17-13(18)14(9-16)4-6-19-7-5-14/h2-3,8H,4-7,9,16H2,1H3,(H,17,18). The lowest BCUT2D eigenvalue weighted by molar-refractivity contribution is -0.130. The van der Waals surface area contributed by atoms with Crippen LogP contribution in [0, 0.1) is 12.3 Å². The summed E-state index contributed by atoms with van der Waals surface area (Å²) < 4.78 is 6.27. The number of benzene rings is 1. The SMILES string of the molecule is Cc1ccc(Br)cc1NC(=O)C1(CN)CCOCC1. The molecule has 1 aromatic carbocycles. The maximum absolute atomic E-state index is 12.5. The number of nitrogens with one attached hydrogen (secondary N) is 1. The fourth-order valence-corrected chi connectivity index (χ4v) is 2.63. The van der Waals surface area contributed by atoms with Crippen molar-refractivity contribution in [2.45, 2.75) is 19.8 Å². The van der Waals surface area contributed by atoms with Crippen LogP contribution < -0.4 is 11.1 Å². The smallest absolute Gasteiger partial charge is 0.232 e. The van der Waals surface area contributed by atoms with Crippen molar-refractivity contribution >= 4 is 27.5 Å². The Morgan fingerprint density at radius 1 is 1.47 bits per heavy atom. The van der Waals surface area contributed by atoms with Crippen molar-refractivity contribution < 1.29 is 9.53 Å². The number of anilines is 1. The van der Waals surface area contributed by atoms with Crippen LogP contribution in [0.2, 0.25) is 0 Å². The number of ether oxygens (including phenoxy) is 1. The molecule has 0 atom stereocenters. The zero-order valence-electron chi connectivity index (χ0n) is 11.0. The topological polar surface area (TPSA) is 64.4 Å². The van der Waals surface area contributed by atoms with Crippen molar-refractivity contribution in [3.63, 3.8) is 0 Å². The molecule has 3 N–H and O–H groups in total. The first-order valence-corrected chi connectivity index (χ1v) is 7.22. The fourth-order valence-electron chi connectivity index (χ4n) is 2.27. The molecule has 5 heteroatoms. The minimum Gasteiger partial charge on any atom is -0.381 e. The molecule has 1 aliphatic rings. The van der Waals surface area contributed by atoms with Gasteiger partial charge in [-0.15, -0.1) is 0 Å². The van der Waals surface area contributed by atoms with E-state index in [1.165, 1.54) is 0 Å². The Morgan fingerprint density at radius 3 is 2.79 bits per heavy atom. The van der Waals surface area contributed by atoms with Crippen LogP contribution in [-0.4, -0.2) is 25.7 Å². The Hall–Kier alpha value is -0.910. The van der Waals surface area contributed by atoms with Crippen LogP contribution in [0.4, 0.5) is 5.69 Å². The summed E-state index contributed by atoms with van der Waals surface area (Å²) in [5, 5.41) is 3.01. The average Bonchev–Trinajstić information content (AvgIpc) is 2.43. The summed E-state index contributed by atoms with van der Waals surface area (Å²) in [7, 11) is 0. The summed E-state index contributed by atoms with van der Waals surface area (Å²) in [6, 6.07) is 5.84. The van der Waals surface area contributed by atoms with Gasteiger partial charge >= 0.3 is 0 Å². The number of hydrogen-bond donors (Lipinski definition) is 2. The number of halogens is 1. The molecule has 0 radical (unpaired) electrons. The van der Waals surface area contributed by atoms with Crippen molar-refractivity contribution in [1.82, 2.24) is 0 Å². The van der Waals surface area contributed by atoms with Crippen LogP contribution in [0.25, 0.3) is 0 Å².